The van der Waals surface area contributed by atoms with Gasteiger partial charge in [0, 0.05) is 12.1 Å². The smallest absolute Gasteiger partial charge is 0.0677 e. The SMILES string of the molecule is CCC[C@](C)(I)NCC(C)(C)NC. The summed E-state index contributed by atoms with van der Waals surface area (Å²) in [5.41, 5.74) is 0.181. The summed E-state index contributed by atoms with van der Waals surface area (Å²) in [6, 6.07) is 0. The van der Waals surface area contributed by atoms with Gasteiger partial charge in [0.1, 0.15) is 0 Å². The molecule has 0 aromatic rings. The summed E-state index contributed by atoms with van der Waals surface area (Å²) < 4.78 is 0.237. The van der Waals surface area contributed by atoms with Gasteiger partial charge in [-0.15, -0.1) is 0 Å². The van der Waals surface area contributed by atoms with Crippen LogP contribution in [0.5, 0.6) is 0 Å². The molecule has 3 heteroatoms. The summed E-state index contributed by atoms with van der Waals surface area (Å²) in [6.07, 6.45) is 2.44. The van der Waals surface area contributed by atoms with Crippen LogP contribution in [0.1, 0.15) is 40.5 Å². The normalized spacial score (nSPS) is 17.1. The van der Waals surface area contributed by atoms with E-state index in [1.54, 1.807) is 0 Å². The predicted octanol–water partition coefficient (Wildman–Crippen LogP) is 2.53. The topological polar surface area (TPSA) is 24.1 Å². The highest BCUT2D eigenvalue weighted by molar-refractivity contribution is 14.1. The van der Waals surface area contributed by atoms with Gasteiger partial charge in [-0.2, -0.15) is 0 Å². The number of nitrogens with one attached hydrogen (secondary N) is 2. The van der Waals surface area contributed by atoms with E-state index in [0.717, 1.165) is 6.54 Å². The number of alkyl halides is 1. The summed E-state index contributed by atoms with van der Waals surface area (Å²) in [4.78, 5) is 0. The van der Waals surface area contributed by atoms with Crippen LogP contribution in [0, 0.1) is 0 Å². The number of rotatable bonds is 6. The molecule has 0 aromatic heterocycles. The molecule has 0 saturated carbocycles. The zero-order valence-electron chi connectivity index (χ0n) is 9.50. The zero-order chi connectivity index (χ0) is 10.5. The molecule has 0 spiro atoms. The minimum Gasteiger partial charge on any atom is -0.314 e. The number of hydrogen-bond acceptors (Lipinski definition) is 2. The van der Waals surface area contributed by atoms with Crippen molar-refractivity contribution in [2.24, 2.45) is 0 Å². The Hall–Kier alpha value is 0.650. The lowest BCUT2D eigenvalue weighted by Crippen LogP contribution is -2.50. The van der Waals surface area contributed by atoms with Crippen LogP contribution in [-0.2, 0) is 0 Å². The molecule has 0 aliphatic rings. The van der Waals surface area contributed by atoms with Crippen molar-refractivity contribution < 1.29 is 0 Å². The summed E-state index contributed by atoms with van der Waals surface area (Å²) >= 11 is 2.49. The third kappa shape index (κ3) is 6.69. The number of halogens is 1. The fraction of sp³-hybridized carbons (Fsp3) is 1.00. The highest BCUT2D eigenvalue weighted by Crippen LogP contribution is 2.21. The van der Waals surface area contributed by atoms with Gasteiger partial charge in [-0.3, -0.25) is 0 Å². The molecule has 0 aliphatic heterocycles. The molecular formula is C10H23IN2. The van der Waals surface area contributed by atoms with E-state index in [2.05, 4.69) is 60.9 Å². The number of likely N-dealkylation sites (N-methyl/N-ethyl adjacent to an activating group) is 1. The molecule has 2 N–H and O–H groups in total. The second-order valence-electron chi connectivity index (χ2n) is 4.43. The van der Waals surface area contributed by atoms with E-state index in [4.69, 9.17) is 0 Å². The van der Waals surface area contributed by atoms with E-state index in [0.29, 0.717) is 0 Å². The van der Waals surface area contributed by atoms with Crippen molar-refractivity contribution in [2.75, 3.05) is 13.6 Å². The van der Waals surface area contributed by atoms with Crippen molar-refractivity contribution in [2.45, 2.75) is 49.6 Å². The summed E-state index contributed by atoms with van der Waals surface area (Å²) in [6.45, 7) is 9.89. The largest absolute Gasteiger partial charge is 0.314 e. The zero-order valence-corrected chi connectivity index (χ0v) is 11.7. The van der Waals surface area contributed by atoms with E-state index in [1.807, 2.05) is 7.05 Å². The Kier molecular flexibility index (Phi) is 5.79. The fourth-order valence-corrected chi connectivity index (χ4v) is 1.78. The van der Waals surface area contributed by atoms with Crippen molar-refractivity contribution in [3.63, 3.8) is 0 Å². The fourth-order valence-electron chi connectivity index (χ4n) is 1.05. The lowest BCUT2D eigenvalue weighted by atomic mass is 10.1. The molecule has 0 unspecified atom stereocenters. The molecule has 0 saturated heterocycles. The maximum Gasteiger partial charge on any atom is 0.0677 e. The van der Waals surface area contributed by atoms with Gasteiger partial charge < -0.3 is 10.6 Å². The molecule has 1 atom stereocenters. The first-order chi connectivity index (χ1) is 5.83. The minimum absolute atomic E-state index is 0.181. The second kappa shape index (κ2) is 5.51. The van der Waals surface area contributed by atoms with Gasteiger partial charge in [0.25, 0.3) is 0 Å². The Morgan fingerprint density at radius 2 is 1.77 bits per heavy atom. The van der Waals surface area contributed by atoms with Crippen LogP contribution in [0.15, 0.2) is 0 Å². The van der Waals surface area contributed by atoms with Gasteiger partial charge in [-0.1, -0.05) is 35.9 Å². The molecule has 13 heavy (non-hydrogen) atoms. The van der Waals surface area contributed by atoms with Crippen molar-refractivity contribution in [3.05, 3.63) is 0 Å². The van der Waals surface area contributed by atoms with Gasteiger partial charge in [-0.25, -0.2) is 0 Å². The quantitative estimate of drug-likeness (QED) is 0.447. The van der Waals surface area contributed by atoms with Gasteiger partial charge in [0.2, 0.25) is 0 Å². The average molecular weight is 298 g/mol. The predicted molar refractivity (Wildman–Crippen MR) is 68.5 cm³/mol. The molecule has 0 rings (SSSR count). The van der Waals surface area contributed by atoms with Crippen LogP contribution in [0.2, 0.25) is 0 Å². The molecular weight excluding hydrogens is 275 g/mol. The van der Waals surface area contributed by atoms with Crippen LogP contribution in [0.25, 0.3) is 0 Å². The van der Waals surface area contributed by atoms with Crippen molar-refractivity contribution in [1.82, 2.24) is 10.6 Å². The molecule has 0 fully saturated rings. The lowest BCUT2D eigenvalue weighted by Gasteiger charge is -2.31. The molecule has 80 valence electrons. The average Bonchev–Trinajstić information content (AvgIpc) is 2.02. The summed E-state index contributed by atoms with van der Waals surface area (Å²) in [7, 11) is 2.01. The second-order valence-corrected chi connectivity index (χ2v) is 6.82. The molecule has 0 aromatic carbocycles. The first-order valence-corrected chi connectivity index (χ1v) is 6.04. The first kappa shape index (κ1) is 13.7. The van der Waals surface area contributed by atoms with Crippen LogP contribution in [0.4, 0.5) is 0 Å². The lowest BCUT2D eigenvalue weighted by molar-refractivity contribution is 0.358. The first-order valence-electron chi connectivity index (χ1n) is 4.96. The Balaban J connectivity index is 3.86. The van der Waals surface area contributed by atoms with E-state index in [1.165, 1.54) is 12.8 Å². The van der Waals surface area contributed by atoms with Crippen LogP contribution in [-0.4, -0.2) is 22.7 Å². The monoisotopic (exact) mass is 298 g/mol. The van der Waals surface area contributed by atoms with E-state index >= 15 is 0 Å². The highest BCUT2D eigenvalue weighted by atomic mass is 127. The van der Waals surface area contributed by atoms with Gasteiger partial charge in [0.05, 0.1) is 3.55 Å². The van der Waals surface area contributed by atoms with Crippen molar-refractivity contribution in [1.29, 1.82) is 0 Å². The molecule has 0 aliphatic carbocycles. The molecule has 0 amide bonds. The maximum atomic E-state index is 3.58. The Bertz CT molecular complexity index is 144. The maximum absolute atomic E-state index is 3.58. The molecule has 2 nitrogen and oxygen atoms in total. The highest BCUT2D eigenvalue weighted by Gasteiger charge is 2.22. The third-order valence-corrected chi connectivity index (χ3v) is 3.22. The minimum atomic E-state index is 0.181. The van der Waals surface area contributed by atoms with Gasteiger partial charge >= 0.3 is 0 Å². The van der Waals surface area contributed by atoms with Crippen molar-refractivity contribution >= 4 is 22.6 Å². The van der Waals surface area contributed by atoms with Gasteiger partial charge in [-0.05, 0) is 34.2 Å². The van der Waals surface area contributed by atoms with E-state index in [-0.39, 0.29) is 9.08 Å². The third-order valence-electron chi connectivity index (χ3n) is 2.30. The van der Waals surface area contributed by atoms with E-state index < -0.39 is 0 Å². The number of hydrogen-bond donors (Lipinski definition) is 2. The standard InChI is InChI=1S/C10H23IN2/c1-6-7-10(4,11)13-8-9(2,3)12-5/h12-13H,6-8H2,1-5H3/t10-/m1/s1. The van der Waals surface area contributed by atoms with Crippen LogP contribution in [0.3, 0.4) is 0 Å². The van der Waals surface area contributed by atoms with Gasteiger partial charge in [0.15, 0.2) is 0 Å². The molecule has 0 heterocycles. The van der Waals surface area contributed by atoms with Crippen LogP contribution >= 0.6 is 22.6 Å². The summed E-state index contributed by atoms with van der Waals surface area (Å²) in [5, 5.41) is 6.87. The Morgan fingerprint density at radius 1 is 1.23 bits per heavy atom. The Morgan fingerprint density at radius 3 is 2.15 bits per heavy atom. The summed E-state index contributed by atoms with van der Waals surface area (Å²) in [5.74, 6) is 0. The molecule has 0 radical (unpaired) electrons. The Labute approximate surface area is 96.4 Å². The van der Waals surface area contributed by atoms with Crippen LogP contribution < -0.4 is 10.6 Å². The van der Waals surface area contributed by atoms with Crippen molar-refractivity contribution in [3.8, 4) is 0 Å². The van der Waals surface area contributed by atoms with E-state index in [9.17, 15) is 0 Å². The molecule has 0 bridgehead atoms.